The van der Waals surface area contributed by atoms with Crippen molar-refractivity contribution in [1.82, 2.24) is 0 Å². The fraction of sp³-hybridized carbons (Fsp3) is 0.0476. The van der Waals surface area contributed by atoms with Crippen LogP contribution in [0.3, 0.4) is 0 Å². The summed E-state index contributed by atoms with van der Waals surface area (Å²) in [6, 6.07) is 18.8. The van der Waals surface area contributed by atoms with Gasteiger partial charge in [0, 0.05) is 5.56 Å². The number of anilines is 1. The zero-order valence-corrected chi connectivity index (χ0v) is 16.9. The van der Waals surface area contributed by atoms with Crippen molar-refractivity contribution in [2.75, 3.05) is 4.31 Å². The Labute approximate surface area is 170 Å². The average molecular weight is 425 g/mol. The molecule has 146 valence electrons. The first-order valence-electron chi connectivity index (χ1n) is 8.61. The van der Waals surface area contributed by atoms with Crippen LogP contribution in [0.4, 0.5) is 5.69 Å². The molecule has 1 aromatic heterocycles. The maximum Gasteiger partial charge on any atom is 0.396 e. The van der Waals surface area contributed by atoms with Gasteiger partial charge in [0.1, 0.15) is 5.58 Å². The second kappa shape index (κ2) is 7.31. The third kappa shape index (κ3) is 3.59. The highest BCUT2D eigenvalue weighted by atomic mass is 32.2. The molecule has 3 aromatic carbocycles. The van der Waals surface area contributed by atoms with Gasteiger partial charge in [-0.2, -0.15) is 4.31 Å². The lowest BCUT2D eigenvalue weighted by molar-refractivity contribution is 0.101. The monoisotopic (exact) mass is 425 g/mol. The topological polar surface area (TPSA) is 84.7 Å². The van der Waals surface area contributed by atoms with Gasteiger partial charge in [-0.15, -0.1) is 0 Å². The van der Waals surface area contributed by atoms with Crippen molar-refractivity contribution in [2.24, 2.45) is 0 Å². The number of rotatable bonds is 4. The van der Waals surface area contributed by atoms with Gasteiger partial charge >= 0.3 is 4.94 Å². The highest BCUT2D eigenvalue weighted by molar-refractivity contribution is 7.93. The average Bonchev–Trinajstić information content (AvgIpc) is 3.08. The van der Waals surface area contributed by atoms with E-state index < -0.39 is 20.9 Å². The van der Waals surface area contributed by atoms with Crippen LogP contribution in [0, 0.1) is 6.92 Å². The van der Waals surface area contributed by atoms with Gasteiger partial charge < -0.3 is 4.42 Å². The van der Waals surface area contributed by atoms with Crippen molar-refractivity contribution in [2.45, 2.75) is 11.8 Å². The molecule has 4 aromatic rings. The van der Waals surface area contributed by atoms with E-state index in [9.17, 15) is 18.0 Å². The quantitative estimate of drug-likeness (QED) is 0.489. The lowest BCUT2D eigenvalue weighted by atomic mass is 10.1. The van der Waals surface area contributed by atoms with Crippen LogP contribution in [-0.2, 0) is 10.0 Å². The number of hydrogen-bond acceptors (Lipinski definition) is 6. The van der Waals surface area contributed by atoms with Crippen LogP contribution in [-0.4, -0.2) is 14.3 Å². The number of aryl methyl sites for hydroxylation is 1. The first-order valence-corrected chi connectivity index (χ1v) is 10.9. The third-order valence-corrected chi connectivity index (χ3v) is 6.83. The Morgan fingerprint density at radius 2 is 1.66 bits per heavy atom. The lowest BCUT2D eigenvalue weighted by Gasteiger charge is -2.23. The molecule has 0 aliphatic rings. The molecule has 0 fully saturated rings. The molecule has 0 unspecified atom stereocenters. The maximum absolute atomic E-state index is 13.4. The van der Waals surface area contributed by atoms with Crippen molar-refractivity contribution in [3.8, 4) is 0 Å². The summed E-state index contributed by atoms with van der Waals surface area (Å²) in [4.78, 5) is 24.3. The fourth-order valence-corrected chi connectivity index (χ4v) is 4.99. The SMILES string of the molecule is Cc1ccc(C(=O)N(c2ccc3oc(=O)sc3c2)S(=O)(=O)c2ccccc2)cc1. The van der Waals surface area contributed by atoms with Crippen molar-refractivity contribution < 1.29 is 17.6 Å². The molecule has 0 spiro atoms. The molecule has 0 N–H and O–H groups in total. The van der Waals surface area contributed by atoms with Gasteiger partial charge in [0.05, 0.1) is 15.3 Å². The number of nitrogens with zero attached hydrogens (tertiary/aromatic N) is 1. The molecule has 0 saturated carbocycles. The predicted octanol–water partition coefficient (Wildman–Crippen LogP) is 4.20. The highest BCUT2D eigenvalue weighted by Crippen LogP contribution is 2.30. The Kier molecular flexibility index (Phi) is 4.81. The molecule has 1 heterocycles. The van der Waals surface area contributed by atoms with Crippen molar-refractivity contribution in [3.63, 3.8) is 0 Å². The minimum absolute atomic E-state index is 0.0130. The molecule has 29 heavy (non-hydrogen) atoms. The predicted molar refractivity (Wildman–Crippen MR) is 112 cm³/mol. The van der Waals surface area contributed by atoms with Crippen LogP contribution in [0.1, 0.15) is 15.9 Å². The Balaban J connectivity index is 1.91. The second-order valence-corrected chi connectivity index (χ2v) is 9.10. The molecular formula is C21H15NO5S2. The van der Waals surface area contributed by atoms with Gasteiger partial charge in [0.15, 0.2) is 0 Å². The van der Waals surface area contributed by atoms with Gasteiger partial charge in [-0.1, -0.05) is 47.2 Å². The normalized spacial score (nSPS) is 11.5. The molecule has 8 heteroatoms. The number of benzene rings is 3. The van der Waals surface area contributed by atoms with Gasteiger partial charge in [0.25, 0.3) is 15.9 Å². The summed E-state index contributed by atoms with van der Waals surface area (Å²) in [6.07, 6.45) is 0. The van der Waals surface area contributed by atoms with Gasteiger partial charge in [-0.3, -0.25) is 4.79 Å². The summed E-state index contributed by atoms with van der Waals surface area (Å²) in [5.41, 5.74) is 1.65. The molecule has 0 saturated heterocycles. The van der Waals surface area contributed by atoms with E-state index in [-0.39, 0.29) is 16.1 Å². The summed E-state index contributed by atoms with van der Waals surface area (Å²) in [5.74, 6) is -0.691. The maximum atomic E-state index is 13.4. The Hall–Kier alpha value is -3.23. The first-order chi connectivity index (χ1) is 13.9. The summed E-state index contributed by atoms with van der Waals surface area (Å²) in [5, 5.41) is 0. The van der Waals surface area contributed by atoms with Crippen LogP contribution in [0.5, 0.6) is 0 Å². The van der Waals surface area contributed by atoms with E-state index in [2.05, 4.69) is 0 Å². The Morgan fingerprint density at radius 3 is 2.34 bits per heavy atom. The first kappa shape index (κ1) is 19.1. The van der Waals surface area contributed by atoms with Crippen LogP contribution in [0.15, 0.2) is 86.9 Å². The summed E-state index contributed by atoms with van der Waals surface area (Å²) in [6.45, 7) is 1.88. The second-order valence-electron chi connectivity index (χ2n) is 6.34. The van der Waals surface area contributed by atoms with E-state index in [4.69, 9.17) is 4.42 Å². The molecule has 0 radical (unpaired) electrons. The summed E-state index contributed by atoms with van der Waals surface area (Å²) < 4.78 is 33.0. The van der Waals surface area contributed by atoms with Crippen LogP contribution in [0.2, 0.25) is 0 Å². The number of hydrogen-bond donors (Lipinski definition) is 0. The van der Waals surface area contributed by atoms with Crippen LogP contribution < -0.4 is 9.24 Å². The summed E-state index contributed by atoms with van der Waals surface area (Å²) in [7, 11) is -4.19. The minimum Gasteiger partial charge on any atom is -0.414 e. The Morgan fingerprint density at radius 1 is 0.966 bits per heavy atom. The zero-order chi connectivity index (χ0) is 20.6. The molecule has 4 rings (SSSR count). The number of carbonyl (C=O) groups excluding carboxylic acids is 1. The standard InChI is InChI=1S/C21H15NO5S2/c1-14-7-9-15(10-8-14)20(23)22(29(25,26)17-5-3-2-4-6-17)16-11-12-18-19(13-16)28-21(24)27-18/h2-13H,1H3. The van der Waals surface area contributed by atoms with Crippen molar-refractivity contribution >= 4 is 43.2 Å². The van der Waals surface area contributed by atoms with Gasteiger partial charge in [-0.05, 0) is 49.4 Å². The number of sulfonamides is 1. The lowest BCUT2D eigenvalue weighted by Crippen LogP contribution is -2.37. The van der Waals surface area contributed by atoms with E-state index in [1.807, 2.05) is 6.92 Å². The van der Waals surface area contributed by atoms with Crippen molar-refractivity contribution in [1.29, 1.82) is 0 Å². The number of carbonyl (C=O) groups is 1. The Bertz CT molecular complexity index is 1350. The molecule has 0 bridgehead atoms. The summed E-state index contributed by atoms with van der Waals surface area (Å²) >= 11 is 0.845. The van der Waals surface area contributed by atoms with Crippen LogP contribution in [0.25, 0.3) is 10.3 Å². The van der Waals surface area contributed by atoms with E-state index in [0.717, 1.165) is 21.2 Å². The number of fused-ring (bicyclic) bond motifs is 1. The molecule has 1 amide bonds. The van der Waals surface area contributed by atoms with E-state index >= 15 is 0 Å². The molecule has 0 aliphatic carbocycles. The van der Waals surface area contributed by atoms with Gasteiger partial charge in [-0.25, -0.2) is 13.2 Å². The van der Waals surface area contributed by atoms with Crippen molar-refractivity contribution in [3.05, 3.63) is 93.7 Å². The van der Waals surface area contributed by atoms with E-state index in [1.165, 1.54) is 30.3 Å². The molecule has 0 atom stereocenters. The number of amides is 1. The van der Waals surface area contributed by atoms with E-state index in [0.29, 0.717) is 10.3 Å². The van der Waals surface area contributed by atoms with E-state index in [1.54, 1.807) is 42.5 Å². The zero-order valence-electron chi connectivity index (χ0n) is 15.2. The largest absolute Gasteiger partial charge is 0.414 e. The van der Waals surface area contributed by atoms with Crippen LogP contribution >= 0.6 is 11.3 Å². The molecular weight excluding hydrogens is 410 g/mol. The third-order valence-electron chi connectivity index (χ3n) is 4.31. The smallest absolute Gasteiger partial charge is 0.396 e. The molecule has 6 nitrogen and oxygen atoms in total. The minimum atomic E-state index is -4.19. The van der Waals surface area contributed by atoms with Gasteiger partial charge in [0.2, 0.25) is 0 Å². The fourth-order valence-electron chi connectivity index (χ4n) is 2.86. The highest BCUT2D eigenvalue weighted by Gasteiger charge is 2.32. The molecule has 0 aliphatic heterocycles.